The van der Waals surface area contributed by atoms with Gasteiger partial charge in [0.15, 0.2) is 6.10 Å². The highest BCUT2D eigenvalue weighted by atomic mass is 16.6. The maximum absolute atomic E-state index is 12.5. The van der Waals surface area contributed by atoms with Gasteiger partial charge in [-0.05, 0) is 37.3 Å². The third-order valence-electron chi connectivity index (χ3n) is 5.23. The molecule has 0 spiro atoms. The number of para-hydroxylation sites is 1. The Balaban J connectivity index is 1.28. The summed E-state index contributed by atoms with van der Waals surface area (Å²) in [6.45, 7) is 2.37. The van der Waals surface area contributed by atoms with E-state index in [2.05, 4.69) is 16.0 Å². The molecule has 4 rings (SSSR count). The summed E-state index contributed by atoms with van der Waals surface area (Å²) in [6, 6.07) is 14.5. The highest BCUT2D eigenvalue weighted by molar-refractivity contribution is 5.94. The molecule has 33 heavy (non-hydrogen) atoms. The van der Waals surface area contributed by atoms with Gasteiger partial charge in [-0.25, -0.2) is 14.4 Å². The van der Waals surface area contributed by atoms with E-state index in [1.165, 1.54) is 6.07 Å². The number of fused-ring (bicyclic) bond motifs is 1. The Morgan fingerprint density at radius 1 is 0.939 bits per heavy atom. The van der Waals surface area contributed by atoms with Crippen LogP contribution in [0, 0.1) is 0 Å². The molecular weight excluding hydrogens is 430 g/mol. The number of ether oxygens (including phenoxy) is 4. The molecular formula is C23H25N3O7. The maximum atomic E-state index is 12.5. The Kier molecular flexibility index (Phi) is 7.06. The molecule has 174 valence electrons. The van der Waals surface area contributed by atoms with Crippen molar-refractivity contribution in [1.29, 1.82) is 0 Å². The maximum Gasteiger partial charge on any atom is 0.412 e. The van der Waals surface area contributed by atoms with Crippen LogP contribution >= 0.6 is 0 Å². The van der Waals surface area contributed by atoms with Gasteiger partial charge in [0, 0.05) is 11.4 Å². The monoisotopic (exact) mass is 455 g/mol. The van der Waals surface area contributed by atoms with Gasteiger partial charge >= 0.3 is 18.1 Å². The van der Waals surface area contributed by atoms with E-state index >= 15 is 0 Å². The van der Waals surface area contributed by atoms with Gasteiger partial charge in [0.05, 0.1) is 31.4 Å². The number of esters is 1. The number of rotatable bonds is 6. The average molecular weight is 455 g/mol. The topological polar surface area (TPSA) is 124 Å². The van der Waals surface area contributed by atoms with E-state index in [1.807, 2.05) is 6.07 Å². The molecule has 10 heteroatoms. The standard InChI is InChI=1S/C23H25N3O7/c1-2-30-21(27)14-7-6-10-16(11-14)24-22(28)26-17-12-31-20-18(13-32-19(17)20)33-23(29)25-15-8-4-3-5-9-15/h3-11,17-20H,2,12-13H2,1H3,(H,25,29)(H2,24,26,28). The zero-order valence-electron chi connectivity index (χ0n) is 18.0. The zero-order valence-corrected chi connectivity index (χ0v) is 18.0. The van der Waals surface area contributed by atoms with E-state index in [0.29, 0.717) is 16.9 Å². The first-order valence-electron chi connectivity index (χ1n) is 10.6. The van der Waals surface area contributed by atoms with Crippen molar-refractivity contribution in [2.24, 2.45) is 0 Å². The second kappa shape index (κ2) is 10.3. The molecule has 2 fully saturated rings. The molecule has 2 aliphatic rings. The van der Waals surface area contributed by atoms with Gasteiger partial charge in [-0.2, -0.15) is 0 Å². The minimum Gasteiger partial charge on any atom is -0.462 e. The summed E-state index contributed by atoms with van der Waals surface area (Å²) in [5.74, 6) is -0.463. The molecule has 2 aromatic carbocycles. The lowest BCUT2D eigenvalue weighted by Gasteiger charge is -2.18. The molecule has 2 saturated heterocycles. The zero-order chi connectivity index (χ0) is 23.2. The third kappa shape index (κ3) is 5.60. The van der Waals surface area contributed by atoms with Gasteiger partial charge in [-0.1, -0.05) is 24.3 Å². The Hall–Kier alpha value is -3.63. The van der Waals surface area contributed by atoms with E-state index < -0.39 is 42.4 Å². The van der Waals surface area contributed by atoms with Gasteiger partial charge in [-0.3, -0.25) is 5.32 Å². The summed E-state index contributed by atoms with van der Waals surface area (Å²) in [6.07, 6.45) is -2.12. The fraction of sp³-hybridized carbons (Fsp3) is 0.348. The fourth-order valence-corrected chi connectivity index (χ4v) is 3.77. The summed E-state index contributed by atoms with van der Waals surface area (Å²) < 4.78 is 21.9. The predicted octanol–water partition coefficient (Wildman–Crippen LogP) is 2.77. The summed E-state index contributed by atoms with van der Waals surface area (Å²) >= 11 is 0. The number of hydrogen-bond acceptors (Lipinski definition) is 7. The average Bonchev–Trinajstić information content (AvgIpc) is 3.38. The van der Waals surface area contributed by atoms with E-state index in [-0.39, 0.29) is 19.8 Å². The lowest BCUT2D eigenvalue weighted by Crippen LogP contribution is -2.46. The van der Waals surface area contributed by atoms with Gasteiger partial charge < -0.3 is 29.6 Å². The third-order valence-corrected chi connectivity index (χ3v) is 5.23. The van der Waals surface area contributed by atoms with E-state index in [4.69, 9.17) is 18.9 Å². The molecule has 3 amide bonds. The van der Waals surface area contributed by atoms with Crippen LogP contribution < -0.4 is 16.0 Å². The first kappa shape index (κ1) is 22.6. The Bertz CT molecular complexity index is 1000. The molecule has 3 N–H and O–H groups in total. The predicted molar refractivity (Wildman–Crippen MR) is 118 cm³/mol. The second-order valence-electron chi connectivity index (χ2n) is 7.54. The van der Waals surface area contributed by atoms with Gasteiger partial charge in [0.1, 0.15) is 12.2 Å². The quantitative estimate of drug-likeness (QED) is 0.572. The first-order chi connectivity index (χ1) is 16.0. The van der Waals surface area contributed by atoms with Crippen LogP contribution in [0.15, 0.2) is 54.6 Å². The van der Waals surface area contributed by atoms with Crippen molar-refractivity contribution in [2.75, 3.05) is 30.5 Å². The van der Waals surface area contributed by atoms with Gasteiger partial charge in [-0.15, -0.1) is 0 Å². The molecule has 0 radical (unpaired) electrons. The van der Waals surface area contributed by atoms with Crippen LogP contribution in [0.2, 0.25) is 0 Å². The first-order valence-corrected chi connectivity index (χ1v) is 10.6. The van der Waals surface area contributed by atoms with E-state index in [0.717, 1.165) is 0 Å². The number of carbonyl (C=O) groups is 3. The Morgan fingerprint density at radius 3 is 2.48 bits per heavy atom. The molecule has 2 aromatic rings. The van der Waals surface area contributed by atoms with Crippen molar-refractivity contribution in [3.8, 4) is 0 Å². The van der Waals surface area contributed by atoms with Crippen LogP contribution in [0.4, 0.5) is 21.0 Å². The SMILES string of the molecule is CCOC(=O)c1cccc(NC(=O)NC2COC3C(OC(=O)Nc4ccccc4)COC23)c1. The number of amides is 3. The minimum atomic E-state index is -0.602. The van der Waals surface area contributed by atoms with Crippen LogP contribution in [0.25, 0.3) is 0 Å². The smallest absolute Gasteiger partial charge is 0.412 e. The number of anilines is 2. The van der Waals surface area contributed by atoms with Crippen LogP contribution in [0.3, 0.4) is 0 Å². The summed E-state index contributed by atoms with van der Waals surface area (Å²) in [5, 5.41) is 8.16. The molecule has 0 aliphatic carbocycles. The molecule has 0 aromatic heterocycles. The van der Waals surface area contributed by atoms with Crippen molar-refractivity contribution in [3.05, 3.63) is 60.2 Å². The second-order valence-corrected chi connectivity index (χ2v) is 7.54. The molecule has 10 nitrogen and oxygen atoms in total. The summed E-state index contributed by atoms with van der Waals surface area (Å²) in [4.78, 5) is 36.5. The van der Waals surface area contributed by atoms with Crippen molar-refractivity contribution < 1.29 is 33.3 Å². The van der Waals surface area contributed by atoms with Crippen LogP contribution in [0.1, 0.15) is 17.3 Å². The molecule has 2 aliphatic heterocycles. The Labute approximate surface area is 190 Å². The van der Waals surface area contributed by atoms with Gasteiger partial charge in [0.25, 0.3) is 0 Å². The highest BCUT2D eigenvalue weighted by Crippen LogP contribution is 2.29. The molecule has 0 saturated carbocycles. The van der Waals surface area contributed by atoms with Crippen molar-refractivity contribution in [3.63, 3.8) is 0 Å². The fourth-order valence-electron chi connectivity index (χ4n) is 3.77. The lowest BCUT2D eigenvalue weighted by atomic mass is 10.1. The molecule has 4 atom stereocenters. The van der Waals surface area contributed by atoms with E-state index in [1.54, 1.807) is 49.4 Å². The number of benzene rings is 2. The molecule has 2 heterocycles. The largest absolute Gasteiger partial charge is 0.462 e. The summed E-state index contributed by atoms with van der Waals surface area (Å²) in [7, 11) is 0. The molecule has 4 unspecified atom stereocenters. The highest BCUT2D eigenvalue weighted by Gasteiger charge is 2.50. The van der Waals surface area contributed by atoms with E-state index in [9.17, 15) is 14.4 Å². The van der Waals surface area contributed by atoms with Crippen LogP contribution in [0.5, 0.6) is 0 Å². The van der Waals surface area contributed by atoms with Crippen LogP contribution in [-0.2, 0) is 18.9 Å². The normalized spacial score (nSPS) is 23.3. The van der Waals surface area contributed by atoms with Crippen molar-refractivity contribution >= 4 is 29.5 Å². The number of carbonyl (C=O) groups excluding carboxylic acids is 3. The van der Waals surface area contributed by atoms with Crippen LogP contribution in [-0.4, -0.2) is 62.3 Å². The summed E-state index contributed by atoms with van der Waals surface area (Å²) in [5.41, 5.74) is 1.40. The number of nitrogens with one attached hydrogen (secondary N) is 3. The molecule has 0 bridgehead atoms. The van der Waals surface area contributed by atoms with Crippen molar-refractivity contribution in [1.82, 2.24) is 5.32 Å². The van der Waals surface area contributed by atoms with Crippen molar-refractivity contribution in [2.45, 2.75) is 31.3 Å². The lowest BCUT2D eigenvalue weighted by molar-refractivity contribution is 0.00873. The Morgan fingerprint density at radius 2 is 1.70 bits per heavy atom. The number of urea groups is 1. The van der Waals surface area contributed by atoms with Gasteiger partial charge in [0.2, 0.25) is 0 Å². The number of hydrogen-bond donors (Lipinski definition) is 3. The minimum absolute atomic E-state index is 0.166.